The third kappa shape index (κ3) is 4.01. The van der Waals surface area contributed by atoms with E-state index in [1.165, 1.54) is 16.7 Å². The second kappa shape index (κ2) is 6.36. The second-order valence-corrected chi connectivity index (χ2v) is 4.96. The maximum Gasteiger partial charge on any atom is 0.0230 e. The summed E-state index contributed by atoms with van der Waals surface area (Å²) in [5.74, 6) is 0. The Labute approximate surface area is 110 Å². The van der Waals surface area contributed by atoms with E-state index in [1.54, 1.807) is 0 Å². The average molecular weight is 239 g/mol. The fourth-order valence-corrected chi connectivity index (χ4v) is 2.05. The summed E-state index contributed by atoms with van der Waals surface area (Å²) < 4.78 is 0. The molecule has 0 bridgehead atoms. The quantitative estimate of drug-likeness (QED) is 0.769. The first-order valence-corrected chi connectivity index (χ1v) is 6.52. The Balaban J connectivity index is 1.82. The summed E-state index contributed by atoms with van der Waals surface area (Å²) in [5, 5.41) is 0. The maximum atomic E-state index is 2.37. The van der Waals surface area contributed by atoms with Crippen molar-refractivity contribution in [2.24, 2.45) is 0 Å². The van der Waals surface area contributed by atoms with Crippen molar-refractivity contribution < 1.29 is 0 Å². The normalized spacial score (nSPS) is 10.8. The van der Waals surface area contributed by atoms with E-state index in [9.17, 15) is 0 Å². The van der Waals surface area contributed by atoms with Gasteiger partial charge >= 0.3 is 0 Å². The van der Waals surface area contributed by atoms with E-state index in [2.05, 4.69) is 73.5 Å². The molecule has 1 nitrogen and oxygen atoms in total. The summed E-state index contributed by atoms with van der Waals surface area (Å²) in [7, 11) is 2.18. The fraction of sp³-hybridized carbons (Fsp3) is 0.294. The molecule has 0 aromatic heterocycles. The molecule has 0 unspecified atom stereocenters. The molecule has 0 fully saturated rings. The number of likely N-dealkylation sites (N-methyl/N-ethyl adjacent to an activating group) is 1. The van der Waals surface area contributed by atoms with Crippen LogP contribution in [0.15, 0.2) is 54.6 Å². The first kappa shape index (κ1) is 12.8. The van der Waals surface area contributed by atoms with Gasteiger partial charge < -0.3 is 4.90 Å². The third-order valence-corrected chi connectivity index (χ3v) is 3.20. The van der Waals surface area contributed by atoms with Crippen LogP contribution in [0, 0.1) is 6.92 Å². The molecule has 0 saturated carbocycles. The number of hydrogen-bond donors (Lipinski definition) is 0. The monoisotopic (exact) mass is 239 g/mol. The van der Waals surface area contributed by atoms with Crippen molar-refractivity contribution in [2.75, 3.05) is 13.6 Å². The van der Waals surface area contributed by atoms with Crippen LogP contribution >= 0.6 is 0 Å². The Hall–Kier alpha value is -1.60. The molecule has 2 aromatic rings. The number of rotatable bonds is 5. The Morgan fingerprint density at radius 1 is 0.833 bits per heavy atom. The molecule has 18 heavy (non-hydrogen) atoms. The predicted octanol–water partition coefficient (Wildman–Crippen LogP) is 3.67. The first-order chi connectivity index (χ1) is 8.74. The van der Waals surface area contributed by atoms with Crippen molar-refractivity contribution >= 4 is 0 Å². The molecular weight excluding hydrogens is 218 g/mol. The molecule has 0 spiro atoms. The van der Waals surface area contributed by atoms with Crippen molar-refractivity contribution in [3.63, 3.8) is 0 Å². The molecule has 0 heterocycles. The van der Waals surface area contributed by atoms with Crippen LogP contribution in [-0.4, -0.2) is 18.5 Å². The third-order valence-electron chi connectivity index (χ3n) is 3.20. The molecule has 1 heteroatoms. The van der Waals surface area contributed by atoms with E-state index in [1.807, 2.05) is 0 Å². The van der Waals surface area contributed by atoms with Gasteiger partial charge in [0.15, 0.2) is 0 Å². The van der Waals surface area contributed by atoms with Gasteiger partial charge in [0.05, 0.1) is 0 Å². The number of aryl methyl sites for hydroxylation is 1. The van der Waals surface area contributed by atoms with E-state index in [-0.39, 0.29) is 0 Å². The van der Waals surface area contributed by atoms with Crippen molar-refractivity contribution in [2.45, 2.75) is 19.9 Å². The highest BCUT2D eigenvalue weighted by Gasteiger charge is 2.00. The van der Waals surface area contributed by atoms with Gasteiger partial charge in [-0.05, 0) is 31.5 Å². The van der Waals surface area contributed by atoms with Crippen molar-refractivity contribution in [1.29, 1.82) is 0 Å². The molecule has 0 saturated heterocycles. The van der Waals surface area contributed by atoms with Gasteiger partial charge in [0.1, 0.15) is 0 Å². The lowest BCUT2D eigenvalue weighted by atomic mass is 10.1. The number of hydrogen-bond acceptors (Lipinski definition) is 1. The Kier molecular flexibility index (Phi) is 4.54. The zero-order chi connectivity index (χ0) is 12.8. The smallest absolute Gasteiger partial charge is 0.0230 e. The SMILES string of the molecule is Cc1ccc(CN(C)CCc2ccccc2)cc1. The van der Waals surface area contributed by atoms with Crippen LogP contribution in [0.3, 0.4) is 0 Å². The summed E-state index contributed by atoms with van der Waals surface area (Å²) in [6.45, 7) is 4.24. The van der Waals surface area contributed by atoms with Crippen LogP contribution in [-0.2, 0) is 13.0 Å². The number of nitrogens with zero attached hydrogens (tertiary/aromatic N) is 1. The lowest BCUT2D eigenvalue weighted by Gasteiger charge is -2.16. The molecule has 0 atom stereocenters. The molecule has 0 aliphatic carbocycles. The van der Waals surface area contributed by atoms with Gasteiger partial charge in [-0.2, -0.15) is 0 Å². The minimum Gasteiger partial charge on any atom is -0.302 e. The average Bonchev–Trinajstić information content (AvgIpc) is 2.40. The lowest BCUT2D eigenvalue weighted by Crippen LogP contribution is -2.20. The molecule has 0 radical (unpaired) electrons. The summed E-state index contributed by atoms with van der Waals surface area (Å²) in [4.78, 5) is 2.37. The van der Waals surface area contributed by atoms with E-state index in [0.717, 1.165) is 19.5 Å². The molecule has 0 N–H and O–H groups in total. The van der Waals surface area contributed by atoms with E-state index >= 15 is 0 Å². The zero-order valence-electron chi connectivity index (χ0n) is 11.3. The van der Waals surface area contributed by atoms with Gasteiger partial charge in [-0.25, -0.2) is 0 Å². The fourth-order valence-electron chi connectivity index (χ4n) is 2.05. The highest BCUT2D eigenvalue weighted by atomic mass is 15.1. The van der Waals surface area contributed by atoms with Gasteiger partial charge in [-0.3, -0.25) is 0 Å². The highest BCUT2D eigenvalue weighted by Crippen LogP contribution is 2.07. The standard InChI is InChI=1S/C17H21N/c1-15-8-10-17(11-9-15)14-18(2)13-12-16-6-4-3-5-7-16/h3-11H,12-14H2,1-2H3. The van der Waals surface area contributed by atoms with Crippen molar-refractivity contribution in [1.82, 2.24) is 4.90 Å². The van der Waals surface area contributed by atoms with Crippen LogP contribution in [0.25, 0.3) is 0 Å². The maximum absolute atomic E-state index is 2.37. The predicted molar refractivity (Wildman–Crippen MR) is 77.7 cm³/mol. The van der Waals surface area contributed by atoms with E-state index < -0.39 is 0 Å². The van der Waals surface area contributed by atoms with Crippen LogP contribution in [0.4, 0.5) is 0 Å². The second-order valence-electron chi connectivity index (χ2n) is 4.96. The number of benzene rings is 2. The Morgan fingerprint density at radius 3 is 2.17 bits per heavy atom. The van der Waals surface area contributed by atoms with E-state index in [4.69, 9.17) is 0 Å². The topological polar surface area (TPSA) is 3.24 Å². The molecule has 2 rings (SSSR count). The van der Waals surface area contributed by atoms with Crippen molar-refractivity contribution in [3.8, 4) is 0 Å². The van der Waals surface area contributed by atoms with E-state index in [0.29, 0.717) is 0 Å². The largest absolute Gasteiger partial charge is 0.302 e. The van der Waals surface area contributed by atoms with Crippen LogP contribution < -0.4 is 0 Å². The molecule has 0 aliphatic rings. The molecular formula is C17H21N. The van der Waals surface area contributed by atoms with Gasteiger partial charge in [0, 0.05) is 13.1 Å². The summed E-state index contributed by atoms with van der Waals surface area (Å²) in [6, 6.07) is 19.5. The molecule has 0 aliphatic heterocycles. The van der Waals surface area contributed by atoms with Crippen LogP contribution in [0.2, 0.25) is 0 Å². The molecule has 0 amide bonds. The highest BCUT2D eigenvalue weighted by molar-refractivity contribution is 5.21. The minimum atomic E-state index is 1.02. The lowest BCUT2D eigenvalue weighted by molar-refractivity contribution is 0.331. The van der Waals surface area contributed by atoms with Gasteiger partial charge in [0.25, 0.3) is 0 Å². The zero-order valence-corrected chi connectivity index (χ0v) is 11.3. The van der Waals surface area contributed by atoms with Crippen LogP contribution in [0.1, 0.15) is 16.7 Å². The summed E-state index contributed by atoms with van der Waals surface area (Å²) in [5.41, 5.74) is 4.12. The van der Waals surface area contributed by atoms with Gasteiger partial charge in [-0.1, -0.05) is 60.2 Å². The minimum absolute atomic E-state index is 1.02. The summed E-state index contributed by atoms with van der Waals surface area (Å²) >= 11 is 0. The Morgan fingerprint density at radius 2 is 1.50 bits per heavy atom. The van der Waals surface area contributed by atoms with Crippen LogP contribution in [0.5, 0.6) is 0 Å². The molecule has 94 valence electrons. The summed E-state index contributed by atoms with van der Waals surface area (Å²) in [6.07, 6.45) is 1.11. The van der Waals surface area contributed by atoms with Crippen molar-refractivity contribution in [3.05, 3.63) is 71.3 Å². The van der Waals surface area contributed by atoms with Gasteiger partial charge in [-0.15, -0.1) is 0 Å². The molecule has 2 aromatic carbocycles. The Bertz CT molecular complexity index is 459. The first-order valence-electron chi connectivity index (χ1n) is 6.52. The van der Waals surface area contributed by atoms with Gasteiger partial charge in [0.2, 0.25) is 0 Å².